The second kappa shape index (κ2) is 5.84. The predicted molar refractivity (Wildman–Crippen MR) is 80.4 cm³/mol. The average molecular weight is 266 g/mol. The van der Waals surface area contributed by atoms with Gasteiger partial charge in [0.2, 0.25) is 0 Å². The zero-order valence-corrected chi connectivity index (χ0v) is 11.6. The van der Waals surface area contributed by atoms with Crippen molar-refractivity contribution in [1.29, 1.82) is 0 Å². The maximum absolute atomic E-state index is 4.47. The Bertz CT molecular complexity index is 697. The van der Waals surface area contributed by atoms with Crippen LogP contribution in [0.1, 0.15) is 11.4 Å². The van der Waals surface area contributed by atoms with Gasteiger partial charge in [0, 0.05) is 43.6 Å². The fraction of sp³-hybridized carbons (Fsp3) is 0.250. The van der Waals surface area contributed by atoms with E-state index in [9.17, 15) is 0 Å². The van der Waals surface area contributed by atoms with Gasteiger partial charge in [-0.15, -0.1) is 0 Å². The zero-order chi connectivity index (χ0) is 13.8. The zero-order valence-electron chi connectivity index (χ0n) is 11.6. The van der Waals surface area contributed by atoms with Gasteiger partial charge >= 0.3 is 0 Å². The third-order valence-corrected chi connectivity index (χ3v) is 3.48. The molecule has 4 nitrogen and oxygen atoms in total. The second-order valence-corrected chi connectivity index (χ2v) is 4.84. The van der Waals surface area contributed by atoms with E-state index in [2.05, 4.69) is 44.1 Å². The summed E-state index contributed by atoms with van der Waals surface area (Å²) in [7, 11) is 0. The highest BCUT2D eigenvalue weighted by Gasteiger charge is 2.01. The number of hydrogen-bond acceptors (Lipinski definition) is 3. The van der Waals surface area contributed by atoms with Crippen molar-refractivity contribution < 1.29 is 0 Å². The summed E-state index contributed by atoms with van der Waals surface area (Å²) < 4.78 is 2.15. The van der Waals surface area contributed by atoms with E-state index in [1.54, 1.807) is 0 Å². The maximum atomic E-state index is 4.47. The lowest BCUT2D eigenvalue weighted by molar-refractivity contribution is 0.588. The molecule has 0 spiro atoms. The lowest BCUT2D eigenvalue weighted by Gasteiger charge is -2.09. The molecular weight excluding hydrogens is 248 g/mol. The van der Waals surface area contributed by atoms with Gasteiger partial charge in [-0.2, -0.15) is 0 Å². The summed E-state index contributed by atoms with van der Waals surface area (Å²) in [5.74, 6) is 1.05. The summed E-state index contributed by atoms with van der Waals surface area (Å²) in [5, 5.41) is 4.66. The molecule has 0 amide bonds. The largest absolute Gasteiger partial charge is 0.334 e. The van der Waals surface area contributed by atoms with Gasteiger partial charge in [0.1, 0.15) is 5.82 Å². The second-order valence-electron chi connectivity index (χ2n) is 4.84. The number of pyridine rings is 1. The molecule has 3 aromatic rings. The molecule has 0 saturated carbocycles. The van der Waals surface area contributed by atoms with E-state index in [0.717, 1.165) is 31.0 Å². The monoisotopic (exact) mass is 266 g/mol. The molecule has 3 rings (SSSR count). The van der Waals surface area contributed by atoms with Gasteiger partial charge in [0.05, 0.1) is 5.52 Å². The van der Waals surface area contributed by atoms with E-state index in [0.29, 0.717) is 0 Å². The van der Waals surface area contributed by atoms with Crippen LogP contribution in [0, 0.1) is 6.92 Å². The number of aryl methyl sites for hydroxylation is 1. The van der Waals surface area contributed by atoms with Crippen molar-refractivity contribution in [3.63, 3.8) is 0 Å². The van der Waals surface area contributed by atoms with E-state index < -0.39 is 0 Å². The molecule has 2 heterocycles. The highest BCUT2D eigenvalue weighted by atomic mass is 15.1. The van der Waals surface area contributed by atoms with Crippen molar-refractivity contribution in [2.45, 2.75) is 20.0 Å². The van der Waals surface area contributed by atoms with E-state index in [-0.39, 0.29) is 0 Å². The first-order chi connectivity index (χ1) is 9.84. The van der Waals surface area contributed by atoms with Crippen LogP contribution in [-0.2, 0) is 13.1 Å². The topological polar surface area (TPSA) is 42.7 Å². The number of para-hydroxylation sites is 1. The van der Waals surface area contributed by atoms with Crippen LogP contribution in [0.15, 0.2) is 48.9 Å². The number of nitrogens with zero attached hydrogens (tertiary/aromatic N) is 3. The molecule has 20 heavy (non-hydrogen) atoms. The van der Waals surface area contributed by atoms with E-state index in [4.69, 9.17) is 0 Å². The molecule has 0 fully saturated rings. The molecule has 0 radical (unpaired) electrons. The summed E-state index contributed by atoms with van der Waals surface area (Å²) in [6.07, 6.45) is 5.70. The molecular formula is C16H18N4. The molecule has 0 atom stereocenters. The van der Waals surface area contributed by atoms with Crippen molar-refractivity contribution >= 4 is 10.9 Å². The molecule has 0 bridgehead atoms. The molecule has 0 aliphatic rings. The van der Waals surface area contributed by atoms with E-state index in [1.807, 2.05) is 31.6 Å². The third kappa shape index (κ3) is 2.70. The standard InChI is InChI=1S/C16H18N4/c1-13-18-9-11-20(13)10-8-17-12-15-5-2-4-14-6-3-7-19-16(14)15/h2-7,9,11,17H,8,10,12H2,1H3. The summed E-state index contributed by atoms with van der Waals surface area (Å²) in [4.78, 5) is 8.69. The Morgan fingerprint density at radius 1 is 1.10 bits per heavy atom. The molecule has 0 saturated heterocycles. The molecule has 4 heteroatoms. The van der Waals surface area contributed by atoms with Gasteiger partial charge in [-0.1, -0.05) is 24.3 Å². The fourth-order valence-corrected chi connectivity index (χ4v) is 2.37. The lowest BCUT2D eigenvalue weighted by atomic mass is 10.1. The minimum atomic E-state index is 0.835. The smallest absolute Gasteiger partial charge is 0.105 e. The highest BCUT2D eigenvalue weighted by Crippen LogP contribution is 2.15. The van der Waals surface area contributed by atoms with Crippen LogP contribution in [0.25, 0.3) is 10.9 Å². The summed E-state index contributed by atoms with van der Waals surface area (Å²) in [6.45, 7) is 4.71. The number of hydrogen-bond donors (Lipinski definition) is 1. The lowest BCUT2D eigenvalue weighted by Crippen LogP contribution is -2.20. The van der Waals surface area contributed by atoms with Crippen molar-refractivity contribution in [2.75, 3.05) is 6.54 Å². The van der Waals surface area contributed by atoms with Crippen molar-refractivity contribution in [1.82, 2.24) is 19.9 Å². The third-order valence-electron chi connectivity index (χ3n) is 3.48. The number of rotatable bonds is 5. The first-order valence-electron chi connectivity index (χ1n) is 6.85. The first kappa shape index (κ1) is 12.8. The van der Waals surface area contributed by atoms with Gasteiger partial charge in [-0.05, 0) is 18.6 Å². The number of imidazole rings is 1. The number of nitrogens with one attached hydrogen (secondary N) is 1. The molecule has 1 N–H and O–H groups in total. The van der Waals surface area contributed by atoms with Gasteiger partial charge in [0.15, 0.2) is 0 Å². The Morgan fingerprint density at radius 2 is 2.00 bits per heavy atom. The fourth-order valence-electron chi connectivity index (χ4n) is 2.37. The van der Waals surface area contributed by atoms with Gasteiger partial charge in [-0.3, -0.25) is 4.98 Å². The summed E-state index contributed by atoms with van der Waals surface area (Å²) in [6, 6.07) is 10.4. The van der Waals surface area contributed by atoms with Gasteiger partial charge < -0.3 is 9.88 Å². The van der Waals surface area contributed by atoms with Crippen LogP contribution in [0.3, 0.4) is 0 Å². The molecule has 1 aromatic carbocycles. The van der Waals surface area contributed by atoms with Crippen LogP contribution < -0.4 is 5.32 Å². The van der Waals surface area contributed by atoms with Gasteiger partial charge in [-0.25, -0.2) is 4.98 Å². The summed E-state index contributed by atoms with van der Waals surface area (Å²) in [5.41, 5.74) is 2.33. The maximum Gasteiger partial charge on any atom is 0.105 e. The van der Waals surface area contributed by atoms with Crippen molar-refractivity contribution in [2.24, 2.45) is 0 Å². The minimum Gasteiger partial charge on any atom is -0.334 e. The Labute approximate surface area is 118 Å². The van der Waals surface area contributed by atoms with Crippen LogP contribution >= 0.6 is 0 Å². The Kier molecular flexibility index (Phi) is 3.74. The van der Waals surface area contributed by atoms with Crippen molar-refractivity contribution in [3.05, 3.63) is 60.3 Å². The normalized spacial score (nSPS) is 11.1. The number of fused-ring (bicyclic) bond motifs is 1. The molecule has 0 aliphatic heterocycles. The Balaban J connectivity index is 1.62. The number of aromatic nitrogens is 3. The minimum absolute atomic E-state index is 0.835. The summed E-state index contributed by atoms with van der Waals surface area (Å²) >= 11 is 0. The van der Waals surface area contributed by atoms with Crippen LogP contribution in [0.5, 0.6) is 0 Å². The molecule has 0 unspecified atom stereocenters. The van der Waals surface area contributed by atoms with Crippen LogP contribution in [0.2, 0.25) is 0 Å². The molecule has 102 valence electrons. The van der Waals surface area contributed by atoms with Crippen molar-refractivity contribution in [3.8, 4) is 0 Å². The van der Waals surface area contributed by atoms with Crippen LogP contribution in [0.4, 0.5) is 0 Å². The van der Waals surface area contributed by atoms with E-state index in [1.165, 1.54) is 10.9 Å². The molecule has 0 aliphatic carbocycles. The van der Waals surface area contributed by atoms with Gasteiger partial charge in [0.25, 0.3) is 0 Å². The first-order valence-corrected chi connectivity index (χ1v) is 6.85. The highest BCUT2D eigenvalue weighted by molar-refractivity contribution is 5.81. The quantitative estimate of drug-likeness (QED) is 0.722. The van der Waals surface area contributed by atoms with Crippen LogP contribution in [-0.4, -0.2) is 21.1 Å². The average Bonchev–Trinajstić information content (AvgIpc) is 2.89. The number of benzene rings is 1. The SMILES string of the molecule is Cc1nccn1CCNCc1cccc2cccnc12. The molecule has 2 aromatic heterocycles. The Morgan fingerprint density at radius 3 is 2.85 bits per heavy atom. The Hall–Kier alpha value is -2.20. The predicted octanol–water partition coefficient (Wildman–Crippen LogP) is 2.53. The van der Waals surface area contributed by atoms with E-state index >= 15 is 0 Å².